The van der Waals surface area contributed by atoms with Crippen LogP contribution in [0.25, 0.3) is 0 Å². The summed E-state index contributed by atoms with van der Waals surface area (Å²) in [6, 6.07) is 15.5. The first kappa shape index (κ1) is 15.3. The Morgan fingerprint density at radius 1 is 1.05 bits per heavy atom. The van der Waals surface area contributed by atoms with Crippen molar-refractivity contribution in [2.24, 2.45) is 0 Å². The fourth-order valence-corrected chi connectivity index (χ4v) is 1.95. The summed E-state index contributed by atoms with van der Waals surface area (Å²) in [5, 5.41) is 0. The van der Waals surface area contributed by atoms with Crippen molar-refractivity contribution >= 4 is 6.29 Å². The summed E-state index contributed by atoms with van der Waals surface area (Å²) in [6.07, 6.45) is 1.65. The van der Waals surface area contributed by atoms with Crippen molar-refractivity contribution in [2.75, 3.05) is 13.2 Å². The third-order valence-corrected chi connectivity index (χ3v) is 3.15. The van der Waals surface area contributed by atoms with Gasteiger partial charge in [-0.2, -0.15) is 0 Å². The van der Waals surface area contributed by atoms with Gasteiger partial charge < -0.3 is 9.47 Å². The summed E-state index contributed by atoms with van der Waals surface area (Å²) < 4.78 is 11.3. The molecule has 0 radical (unpaired) electrons. The molecule has 0 saturated heterocycles. The molecule has 0 unspecified atom stereocenters. The average Bonchev–Trinajstić information content (AvgIpc) is 2.53. The lowest BCUT2D eigenvalue weighted by atomic mass is 10.1. The van der Waals surface area contributed by atoms with Crippen LogP contribution in [0.3, 0.4) is 0 Å². The number of carbonyl (C=O) groups is 1. The number of benzene rings is 2. The third kappa shape index (κ3) is 5.04. The van der Waals surface area contributed by atoms with Crippen molar-refractivity contribution < 1.29 is 14.3 Å². The second-order valence-electron chi connectivity index (χ2n) is 4.88. The molecule has 0 aliphatic heterocycles. The zero-order valence-electron chi connectivity index (χ0n) is 12.2. The van der Waals surface area contributed by atoms with E-state index in [1.165, 1.54) is 5.56 Å². The predicted molar refractivity (Wildman–Crippen MR) is 82.8 cm³/mol. The molecular formula is C18H20O3. The number of aldehydes is 1. The number of ether oxygens (including phenoxy) is 2. The van der Waals surface area contributed by atoms with Crippen LogP contribution < -0.4 is 4.74 Å². The fourth-order valence-electron chi connectivity index (χ4n) is 1.95. The summed E-state index contributed by atoms with van der Waals surface area (Å²) in [5.41, 5.74) is 2.84. The summed E-state index contributed by atoms with van der Waals surface area (Å²) in [4.78, 5) is 10.7. The molecule has 0 saturated carbocycles. The van der Waals surface area contributed by atoms with E-state index in [1.54, 1.807) is 12.1 Å². The SMILES string of the molecule is Cc1ccc(C=O)cc1OCCCOCc1ccccc1. The standard InChI is InChI=1S/C18H20O3/c1-15-8-9-17(13-19)12-18(15)21-11-5-10-20-14-16-6-3-2-4-7-16/h2-4,6-9,12-13H,5,10-11,14H2,1H3. The van der Waals surface area contributed by atoms with Crippen LogP contribution in [0.4, 0.5) is 0 Å². The second-order valence-corrected chi connectivity index (χ2v) is 4.88. The second kappa shape index (κ2) is 8.22. The highest BCUT2D eigenvalue weighted by molar-refractivity contribution is 5.75. The van der Waals surface area contributed by atoms with Crippen LogP contribution in [0.2, 0.25) is 0 Å². The summed E-state index contributed by atoms with van der Waals surface area (Å²) in [7, 11) is 0. The van der Waals surface area contributed by atoms with Crippen LogP contribution in [0.1, 0.15) is 27.9 Å². The first-order valence-electron chi connectivity index (χ1n) is 7.10. The Kier molecular flexibility index (Phi) is 5.98. The average molecular weight is 284 g/mol. The van der Waals surface area contributed by atoms with Crippen molar-refractivity contribution in [2.45, 2.75) is 20.0 Å². The number of hydrogen-bond donors (Lipinski definition) is 0. The molecule has 0 bridgehead atoms. The minimum absolute atomic E-state index is 0.581. The molecular weight excluding hydrogens is 264 g/mol. The fraction of sp³-hybridized carbons (Fsp3) is 0.278. The third-order valence-electron chi connectivity index (χ3n) is 3.15. The zero-order valence-corrected chi connectivity index (χ0v) is 12.2. The predicted octanol–water partition coefficient (Wildman–Crippen LogP) is 3.79. The van der Waals surface area contributed by atoms with Crippen LogP contribution >= 0.6 is 0 Å². The first-order valence-corrected chi connectivity index (χ1v) is 7.10. The van der Waals surface area contributed by atoms with Crippen molar-refractivity contribution in [1.82, 2.24) is 0 Å². The Hall–Kier alpha value is -2.13. The molecule has 2 aromatic rings. The lowest BCUT2D eigenvalue weighted by Crippen LogP contribution is -2.04. The molecule has 3 heteroatoms. The number of rotatable bonds is 8. The van der Waals surface area contributed by atoms with Crippen LogP contribution in [-0.4, -0.2) is 19.5 Å². The largest absolute Gasteiger partial charge is 0.493 e. The van der Waals surface area contributed by atoms with Gasteiger partial charge in [-0.15, -0.1) is 0 Å². The Morgan fingerprint density at radius 3 is 2.62 bits per heavy atom. The van der Waals surface area contributed by atoms with Gasteiger partial charge >= 0.3 is 0 Å². The van der Waals surface area contributed by atoms with E-state index >= 15 is 0 Å². The van der Waals surface area contributed by atoms with Crippen LogP contribution in [0, 0.1) is 6.92 Å². The highest BCUT2D eigenvalue weighted by Crippen LogP contribution is 2.18. The van der Waals surface area contributed by atoms with E-state index < -0.39 is 0 Å². The molecule has 0 N–H and O–H groups in total. The smallest absolute Gasteiger partial charge is 0.150 e. The van der Waals surface area contributed by atoms with Crippen LogP contribution in [0.5, 0.6) is 5.75 Å². The van der Waals surface area contributed by atoms with Crippen molar-refractivity contribution in [3.8, 4) is 5.75 Å². The normalized spacial score (nSPS) is 10.3. The first-order chi connectivity index (χ1) is 10.3. The quantitative estimate of drug-likeness (QED) is 0.546. The minimum atomic E-state index is 0.581. The van der Waals surface area contributed by atoms with Crippen LogP contribution in [0.15, 0.2) is 48.5 Å². The molecule has 0 heterocycles. The molecule has 110 valence electrons. The molecule has 0 aliphatic carbocycles. The summed E-state index contributed by atoms with van der Waals surface area (Å²) >= 11 is 0. The maximum atomic E-state index is 10.7. The Morgan fingerprint density at radius 2 is 1.86 bits per heavy atom. The summed E-state index contributed by atoms with van der Waals surface area (Å²) in [5.74, 6) is 0.766. The molecule has 21 heavy (non-hydrogen) atoms. The van der Waals surface area contributed by atoms with Gasteiger partial charge in [0.1, 0.15) is 12.0 Å². The van der Waals surface area contributed by atoms with E-state index in [0.717, 1.165) is 24.0 Å². The van der Waals surface area contributed by atoms with Gasteiger partial charge in [0.05, 0.1) is 19.8 Å². The van der Waals surface area contributed by atoms with Crippen molar-refractivity contribution in [3.05, 3.63) is 65.2 Å². The van der Waals surface area contributed by atoms with Gasteiger partial charge in [0, 0.05) is 12.0 Å². The van der Waals surface area contributed by atoms with E-state index in [9.17, 15) is 4.79 Å². The lowest BCUT2D eigenvalue weighted by Gasteiger charge is -2.10. The maximum absolute atomic E-state index is 10.7. The van der Waals surface area contributed by atoms with E-state index in [1.807, 2.05) is 43.3 Å². The Balaban J connectivity index is 1.67. The van der Waals surface area contributed by atoms with E-state index in [4.69, 9.17) is 9.47 Å². The molecule has 2 aromatic carbocycles. The molecule has 3 nitrogen and oxygen atoms in total. The monoisotopic (exact) mass is 284 g/mol. The molecule has 0 aromatic heterocycles. The van der Waals surface area contributed by atoms with Gasteiger partial charge in [-0.3, -0.25) is 4.79 Å². The molecule has 0 spiro atoms. The van der Waals surface area contributed by atoms with Gasteiger partial charge in [0.15, 0.2) is 0 Å². The van der Waals surface area contributed by atoms with Gasteiger partial charge in [0.25, 0.3) is 0 Å². The number of carbonyl (C=O) groups excluding carboxylic acids is 1. The Labute approximate surface area is 125 Å². The minimum Gasteiger partial charge on any atom is -0.493 e. The highest BCUT2D eigenvalue weighted by Gasteiger charge is 2.01. The maximum Gasteiger partial charge on any atom is 0.150 e. The van der Waals surface area contributed by atoms with Gasteiger partial charge in [-0.05, 0) is 24.1 Å². The highest BCUT2D eigenvalue weighted by atomic mass is 16.5. The topological polar surface area (TPSA) is 35.5 Å². The van der Waals surface area contributed by atoms with Crippen molar-refractivity contribution in [3.63, 3.8) is 0 Å². The lowest BCUT2D eigenvalue weighted by molar-refractivity contribution is 0.107. The van der Waals surface area contributed by atoms with E-state index in [-0.39, 0.29) is 0 Å². The van der Waals surface area contributed by atoms with Crippen molar-refractivity contribution in [1.29, 1.82) is 0 Å². The number of aryl methyl sites for hydroxylation is 1. The van der Waals surface area contributed by atoms with Gasteiger partial charge in [-0.25, -0.2) is 0 Å². The molecule has 0 fully saturated rings. The Bertz CT molecular complexity index is 564. The van der Waals surface area contributed by atoms with Gasteiger partial charge in [-0.1, -0.05) is 42.5 Å². The zero-order chi connectivity index (χ0) is 14.9. The van der Waals surface area contributed by atoms with Gasteiger partial charge in [0.2, 0.25) is 0 Å². The molecule has 0 atom stereocenters. The number of hydrogen-bond acceptors (Lipinski definition) is 3. The molecule has 0 aliphatic rings. The molecule has 0 amide bonds. The summed E-state index contributed by atoms with van der Waals surface area (Å²) in [6.45, 7) is 3.83. The van der Waals surface area contributed by atoms with Crippen LogP contribution in [-0.2, 0) is 11.3 Å². The van der Waals surface area contributed by atoms with E-state index in [2.05, 4.69) is 0 Å². The molecule has 2 rings (SSSR count). The van der Waals surface area contributed by atoms with E-state index in [0.29, 0.717) is 25.4 Å².